The van der Waals surface area contributed by atoms with E-state index in [4.69, 9.17) is 11.0 Å². The molecule has 0 aliphatic heterocycles. The number of nitrogens with two attached hydrogens (primary N) is 1. The Balaban J connectivity index is 3.07. The van der Waals surface area contributed by atoms with Crippen LogP contribution in [0.5, 0.6) is 0 Å². The number of amides is 1. The molecule has 0 unspecified atom stereocenters. The fourth-order valence-electron chi connectivity index (χ4n) is 0.859. The fraction of sp³-hybridized carbons (Fsp3) is 0.111. The topological polar surface area (TPSA) is 66.9 Å². The van der Waals surface area contributed by atoms with Gasteiger partial charge in [-0.2, -0.15) is 5.26 Å². The lowest BCUT2D eigenvalue weighted by atomic mass is 10.1. The lowest BCUT2D eigenvalue weighted by Gasteiger charge is -1.91. The van der Waals surface area contributed by atoms with Gasteiger partial charge in [0.25, 0.3) is 5.91 Å². The summed E-state index contributed by atoms with van der Waals surface area (Å²) in [7, 11) is 0. The van der Waals surface area contributed by atoms with Crippen molar-refractivity contribution in [3.63, 3.8) is 0 Å². The molecule has 0 atom stereocenters. The predicted molar refractivity (Wildman–Crippen MR) is 51.8 cm³/mol. The third-order valence-electron chi connectivity index (χ3n) is 1.58. The molecule has 1 aromatic rings. The Hall–Kier alpha value is -1.60. The standard InChI is InChI=1S/C9H8N2OS/c1-6-7(2-3-13-6)4-8(5-10)9(11)12/h2-4H,1H3,(H2,11,12). The molecule has 1 rings (SSSR count). The monoisotopic (exact) mass is 192 g/mol. The molecule has 0 saturated heterocycles. The van der Waals surface area contributed by atoms with E-state index < -0.39 is 5.91 Å². The Kier molecular flexibility index (Phi) is 2.83. The highest BCUT2D eigenvalue weighted by Crippen LogP contribution is 2.17. The molecule has 0 saturated carbocycles. The van der Waals surface area contributed by atoms with Crippen LogP contribution in [0, 0.1) is 18.3 Å². The Morgan fingerprint density at radius 1 is 1.77 bits per heavy atom. The summed E-state index contributed by atoms with van der Waals surface area (Å²) in [5.41, 5.74) is 5.85. The zero-order chi connectivity index (χ0) is 9.84. The van der Waals surface area contributed by atoms with E-state index in [0.29, 0.717) is 0 Å². The van der Waals surface area contributed by atoms with Gasteiger partial charge >= 0.3 is 0 Å². The van der Waals surface area contributed by atoms with Gasteiger partial charge in [-0.15, -0.1) is 11.3 Å². The van der Waals surface area contributed by atoms with Crippen molar-refractivity contribution in [1.29, 1.82) is 5.26 Å². The second-order valence-electron chi connectivity index (χ2n) is 2.47. The van der Waals surface area contributed by atoms with Gasteiger partial charge in [-0.3, -0.25) is 4.79 Å². The second-order valence-corrected chi connectivity index (χ2v) is 3.59. The van der Waals surface area contributed by atoms with Crippen molar-refractivity contribution >= 4 is 23.3 Å². The number of nitriles is 1. The number of hydrogen-bond acceptors (Lipinski definition) is 3. The van der Waals surface area contributed by atoms with Gasteiger partial charge in [0.2, 0.25) is 0 Å². The van der Waals surface area contributed by atoms with Crippen LogP contribution >= 0.6 is 11.3 Å². The SMILES string of the molecule is Cc1sccc1C=C(C#N)C(N)=O. The number of nitrogens with zero attached hydrogens (tertiary/aromatic N) is 1. The largest absolute Gasteiger partial charge is 0.365 e. The first-order chi connectivity index (χ1) is 6.15. The van der Waals surface area contributed by atoms with Crippen LogP contribution in [0.15, 0.2) is 17.0 Å². The van der Waals surface area contributed by atoms with Gasteiger partial charge in [0.15, 0.2) is 0 Å². The van der Waals surface area contributed by atoms with Crippen LogP contribution in [0.3, 0.4) is 0 Å². The Labute approximate surface area is 80.1 Å². The van der Waals surface area contributed by atoms with Crippen LogP contribution in [-0.4, -0.2) is 5.91 Å². The summed E-state index contributed by atoms with van der Waals surface area (Å²) < 4.78 is 0. The summed E-state index contributed by atoms with van der Waals surface area (Å²) in [4.78, 5) is 11.8. The smallest absolute Gasteiger partial charge is 0.259 e. The molecule has 0 radical (unpaired) electrons. The van der Waals surface area contributed by atoms with Gasteiger partial charge in [0.1, 0.15) is 11.6 Å². The van der Waals surface area contributed by atoms with Gasteiger partial charge in [-0.05, 0) is 30.0 Å². The van der Waals surface area contributed by atoms with Gasteiger partial charge < -0.3 is 5.73 Å². The van der Waals surface area contributed by atoms with E-state index in [1.165, 1.54) is 6.08 Å². The minimum absolute atomic E-state index is 0.0125. The zero-order valence-corrected chi connectivity index (χ0v) is 7.89. The minimum Gasteiger partial charge on any atom is -0.365 e. The maximum absolute atomic E-state index is 10.7. The molecule has 3 nitrogen and oxygen atoms in total. The van der Waals surface area contributed by atoms with Crippen molar-refractivity contribution in [2.45, 2.75) is 6.92 Å². The number of primary amides is 1. The van der Waals surface area contributed by atoms with Crippen molar-refractivity contribution in [3.8, 4) is 6.07 Å². The predicted octanol–water partition coefficient (Wildman–Crippen LogP) is 1.45. The highest BCUT2D eigenvalue weighted by atomic mass is 32.1. The Morgan fingerprint density at radius 2 is 2.46 bits per heavy atom. The lowest BCUT2D eigenvalue weighted by molar-refractivity contribution is -0.114. The fourth-order valence-corrected chi connectivity index (χ4v) is 1.54. The molecule has 0 spiro atoms. The Bertz CT molecular complexity index is 398. The first kappa shape index (κ1) is 9.49. The molecule has 13 heavy (non-hydrogen) atoms. The van der Waals surface area contributed by atoms with E-state index in [1.54, 1.807) is 17.4 Å². The van der Waals surface area contributed by atoms with Gasteiger partial charge in [-0.1, -0.05) is 0 Å². The van der Waals surface area contributed by atoms with Crippen LogP contribution in [0.1, 0.15) is 10.4 Å². The third-order valence-corrected chi connectivity index (χ3v) is 2.45. The summed E-state index contributed by atoms with van der Waals surface area (Å²) in [6, 6.07) is 3.61. The summed E-state index contributed by atoms with van der Waals surface area (Å²) >= 11 is 1.56. The van der Waals surface area contributed by atoms with E-state index in [2.05, 4.69) is 0 Å². The maximum atomic E-state index is 10.7. The molecule has 1 aromatic heterocycles. The number of carbonyl (C=O) groups excluding carboxylic acids is 1. The molecule has 4 heteroatoms. The molecule has 0 aliphatic rings. The molecule has 2 N–H and O–H groups in total. The minimum atomic E-state index is -0.687. The summed E-state index contributed by atoms with van der Waals surface area (Å²) in [6.07, 6.45) is 1.51. The average molecular weight is 192 g/mol. The number of carbonyl (C=O) groups is 1. The van der Waals surface area contributed by atoms with E-state index >= 15 is 0 Å². The van der Waals surface area contributed by atoms with Crippen molar-refractivity contribution in [2.75, 3.05) is 0 Å². The molecular weight excluding hydrogens is 184 g/mol. The number of rotatable bonds is 2. The van der Waals surface area contributed by atoms with Crippen molar-refractivity contribution < 1.29 is 4.79 Å². The third kappa shape index (κ3) is 2.17. The van der Waals surface area contributed by atoms with E-state index in [-0.39, 0.29) is 5.57 Å². The molecule has 1 heterocycles. The van der Waals surface area contributed by atoms with Crippen molar-refractivity contribution in [2.24, 2.45) is 5.73 Å². The number of aryl methyl sites for hydroxylation is 1. The number of thiophene rings is 1. The second kappa shape index (κ2) is 3.87. The van der Waals surface area contributed by atoms with E-state index in [1.807, 2.05) is 18.4 Å². The number of hydrogen-bond donors (Lipinski definition) is 1. The first-order valence-corrected chi connectivity index (χ1v) is 4.49. The van der Waals surface area contributed by atoms with Crippen LogP contribution in [-0.2, 0) is 4.79 Å². The molecular formula is C9H8N2OS. The highest BCUT2D eigenvalue weighted by Gasteiger charge is 2.04. The summed E-state index contributed by atoms with van der Waals surface area (Å²) in [5.74, 6) is -0.687. The maximum Gasteiger partial charge on any atom is 0.259 e. The highest BCUT2D eigenvalue weighted by molar-refractivity contribution is 7.10. The van der Waals surface area contributed by atoms with Crippen LogP contribution in [0.2, 0.25) is 0 Å². The van der Waals surface area contributed by atoms with Crippen molar-refractivity contribution in [1.82, 2.24) is 0 Å². The zero-order valence-electron chi connectivity index (χ0n) is 7.07. The molecule has 1 amide bonds. The van der Waals surface area contributed by atoms with Crippen molar-refractivity contribution in [3.05, 3.63) is 27.5 Å². The van der Waals surface area contributed by atoms with Gasteiger partial charge in [0.05, 0.1) is 0 Å². The summed E-state index contributed by atoms with van der Waals surface area (Å²) in [5, 5.41) is 10.5. The van der Waals surface area contributed by atoms with Crippen LogP contribution in [0.25, 0.3) is 6.08 Å². The molecule has 0 fully saturated rings. The molecule has 0 aliphatic carbocycles. The lowest BCUT2D eigenvalue weighted by Crippen LogP contribution is -2.12. The van der Waals surface area contributed by atoms with E-state index in [9.17, 15) is 4.79 Å². The van der Waals surface area contributed by atoms with E-state index in [0.717, 1.165) is 10.4 Å². The normalized spacial score (nSPS) is 10.9. The average Bonchev–Trinajstić information content (AvgIpc) is 2.46. The molecule has 66 valence electrons. The van der Waals surface area contributed by atoms with Gasteiger partial charge in [-0.25, -0.2) is 0 Å². The van der Waals surface area contributed by atoms with Crippen LogP contribution in [0.4, 0.5) is 0 Å². The van der Waals surface area contributed by atoms with Gasteiger partial charge in [0, 0.05) is 4.88 Å². The quantitative estimate of drug-likeness (QED) is 0.569. The summed E-state index contributed by atoms with van der Waals surface area (Å²) in [6.45, 7) is 1.92. The molecule has 0 bridgehead atoms. The Morgan fingerprint density at radius 3 is 2.85 bits per heavy atom. The van der Waals surface area contributed by atoms with Crippen LogP contribution < -0.4 is 5.73 Å². The molecule has 0 aromatic carbocycles. The first-order valence-electron chi connectivity index (χ1n) is 3.61.